The van der Waals surface area contributed by atoms with Crippen LogP contribution in [0, 0.1) is 5.82 Å². The third-order valence-electron chi connectivity index (χ3n) is 2.93. The molecule has 0 aliphatic carbocycles. The Morgan fingerprint density at radius 2 is 2.19 bits per heavy atom. The molecule has 16 heavy (non-hydrogen) atoms. The van der Waals surface area contributed by atoms with Crippen LogP contribution in [0.4, 0.5) is 4.39 Å². The van der Waals surface area contributed by atoms with Gasteiger partial charge >= 0.3 is 0 Å². The molecule has 0 saturated carbocycles. The molecule has 4 heteroatoms. The van der Waals surface area contributed by atoms with Crippen molar-refractivity contribution in [2.75, 3.05) is 13.2 Å². The van der Waals surface area contributed by atoms with Gasteiger partial charge in [-0.1, -0.05) is 0 Å². The number of hydrogen-bond acceptors (Lipinski definition) is 3. The highest BCUT2D eigenvalue weighted by molar-refractivity contribution is 5.14. The van der Waals surface area contributed by atoms with Gasteiger partial charge in [0.25, 0.3) is 0 Å². The Bertz CT molecular complexity index is 340. The lowest BCUT2D eigenvalue weighted by atomic mass is 10.1. The number of nitrogens with zero attached hydrogens (tertiary/aromatic N) is 1. The maximum Gasteiger partial charge on any atom is 0.141 e. The fourth-order valence-corrected chi connectivity index (χ4v) is 1.98. The number of hydrogen-bond donors (Lipinski definition) is 1. The molecule has 0 spiro atoms. The molecule has 0 amide bonds. The highest BCUT2D eigenvalue weighted by Crippen LogP contribution is 2.16. The molecule has 1 aromatic heterocycles. The summed E-state index contributed by atoms with van der Waals surface area (Å²) in [7, 11) is 0. The Morgan fingerprint density at radius 3 is 2.88 bits per heavy atom. The van der Waals surface area contributed by atoms with Crippen molar-refractivity contribution in [3.8, 4) is 0 Å². The average Bonchev–Trinajstić information content (AvgIpc) is 2.30. The Kier molecular flexibility index (Phi) is 3.85. The van der Waals surface area contributed by atoms with Crippen LogP contribution in [0.15, 0.2) is 18.5 Å². The molecule has 1 N–H and O–H groups in total. The van der Waals surface area contributed by atoms with E-state index in [0.717, 1.165) is 31.6 Å². The first-order valence-corrected chi connectivity index (χ1v) is 5.70. The van der Waals surface area contributed by atoms with Crippen molar-refractivity contribution < 1.29 is 9.13 Å². The quantitative estimate of drug-likeness (QED) is 0.853. The molecule has 1 atom stereocenters. The first kappa shape index (κ1) is 11.5. The number of halogens is 1. The molecule has 1 saturated heterocycles. The first-order chi connectivity index (χ1) is 7.75. The lowest BCUT2D eigenvalue weighted by molar-refractivity contribution is 0.0754. The Balaban J connectivity index is 1.94. The van der Waals surface area contributed by atoms with Crippen molar-refractivity contribution in [3.63, 3.8) is 0 Å². The van der Waals surface area contributed by atoms with E-state index in [0.29, 0.717) is 6.04 Å². The molecule has 0 radical (unpaired) electrons. The minimum atomic E-state index is -0.280. The topological polar surface area (TPSA) is 34.1 Å². The summed E-state index contributed by atoms with van der Waals surface area (Å²) < 4.78 is 18.3. The van der Waals surface area contributed by atoms with Crippen molar-refractivity contribution in [2.45, 2.75) is 31.8 Å². The van der Waals surface area contributed by atoms with Crippen LogP contribution in [-0.4, -0.2) is 24.2 Å². The van der Waals surface area contributed by atoms with Crippen molar-refractivity contribution in [1.29, 1.82) is 0 Å². The lowest BCUT2D eigenvalue weighted by Crippen LogP contribution is -2.36. The molecule has 1 unspecified atom stereocenters. The van der Waals surface area contributed by atoms with Crippen LogP contribution in [0.5, 0.6) is 0 Å². The van der Waals surface area contributed by atoms with Gasteiger partial charge in [0, 0.05) is 31.5 Å². The summed E-state index contributed by atoms with van der Waals surface area (Å²) >= 11 is 0. The smallest absolute Gasteiger partial charge is 0.141 e. The van der Waals surface area contributed by atoms with Crippen molar-refractivity contribution in [1.82, 2.24) is 10.3 Å². The summed E-state index contributed by atoms with van der Waals surface area (Å²) in [5.74, 6) is -0.280. The van der Waals surface area contributed by atoms with Gasteiger partial charge in [0.2, 0.25) is 0 Å². The summed E-state index contributed by atoms with van der Waals surface area (Å²) in [6.07, 6.45) is 4.98. The number of pyridine rings is 1. The number of nitrogens with one attached hydrogen (secondary N) is 1. The van der Waals surface area contributed by atoms with E-state index in [1.807, 2.05) is 6.92 Å². The second kappa shape index (κ2) is 5.37. The molecule has 3 nitrogen and oxygen atoms in total. The van der Waals surface area contributed by atoms with E-state index in [9.17, 15) is 4.39 Å². The van der Waals surface area contributed by atoms with E-state index in [4.69, 9.17) is 4.74 Å². The van der Waals surface area contributed by atoms with E-state index in [-0.39, 0.29) is 11.9 Å². The van der Waals surface area contributed by atoms with Crippen LogP contribution in [0.25, 0.3) is 0 Å². The largest absolute Gasteiger partial charge is 0.381 e. The van der Waals surface area contributed by atoms with Crippen LogP contribution in [0.2, 0.25) is 0 Å². The number of ether oxygens (including phenoxy) is 1. The van der Waals surface area contributed by atoms with Gasteiger partial charge in [0.1, 0.15) is 5.82 Å². The Labute approximate surface area is 95.0 Å². The molecule has 2 heterocycles. The predicted octanol–water partition coefficient (Wildman–Crippen LogP) is 2.05. The summed E-state index contributed by atoms with van der Waals surface area (Å²) in [4.78, 5) is 3.86. The fourth-order valence-electron chi connectivity index (χ4n) is 1.98. The summed E-state index contributed by atoms with van der Waals surface area (Å²) in [5.41, 5.74) is 0.895. The van der Waals surface area contributed by atoms with Gasteiger partial charge in [-0.2, -0.15) is 0 Å². The zero-order chi connectivity index (χ0) is 11.4. The number of aromatic nitrogens is 1. The second-order valence-electron chi connectivity index (χ2n) is 4.21. The SMILES string of the molecule is CC(NC1CCOCC1)c1cncc(F)c1. The minimum Gasteiger partial charge on any atom is -0.381 e. The Morgan fingerprint density at radius 1 is 1.44 bits per heavy atom. The van der Waals surface area contributed by atoms with E-state index in [1.54, 1.807) is 6.20 Å². The van der Waals surface area contributed by atoms with Gasteiger partial charge in [0.05, 0.1) is 6.20 Å². The molecule has 1 aliphatic heterocycles. The van der Waals surface area contributed by atoms with Crippen molar-refractivity contribution in [3.05, 3.63) is 29.8 Å². The van der Waals surface area contributed by atoms with Crippen molar-refractivity contribution in [2.24, 2.45) is 0 Å². The lowest BCUT2D eigenvalue weighted by Gasteiger charge is -2.26. The van der Waals surface area contributed by atoms with Crippen LogP contribution in [0.3, 0.4) is 0 Å². The molecule has 1 aromatic rings. The van der Waals surface area contributed by atoms with Gasteiger partial charge in [-0.25, -0.2) is 4.39 Å². The standard InChI is InChI=1S/C12H17FN2O/c1-9(10-6-11(13)8-14-7-10)15-12-2-4-16-5-3-12/h6-9,12,15H,2-5H2,1H3. The average molecular weight is 224 g/mol. The van der Waals surface area contributed by atoms with E-state index in [2.05, 4.69) is 10.3 Å². The van der Waals surface area contributed by atoms with Gasteiger partial charge in [0.15, 0.2) is 0 Å². The molecule has 1 fully saturated rings. The van der Waals surface area contributed by atoms with E-state index < -0.39 is 0 Å². The van der Waals surface area contributed by atoms with E-state index >= 15 is 0 Å². The Hall–Kier alpha value is -1.00. The zero-order valence-electron chi connectivity index (χ0n) is 9.45. The van der Waals surface area contributed by atoms with Gasteiger partial charge in [-0.05, 0) is 31.4 Å². The maximum absolute atomic E-state index is 13.0. The normalized spacial score (nSPS) is 19.6. The third kappa shape index (κ3) is 3.00. The summed E-state index contributed by atoms with van der Waals surface area (Å²) in [6.45, 7) is 3.66. The number of rotatable bonds is 3. The van der Waals surface area contributed by atoms with Gasteiger partial charge < -0.3 is 10.1 Å². The van der Waals surface area contributed by atoms with Crippen LogP contribution in [-0.2, 0) is 4.74 Å². The fraction of sp³-hybridized carbons (Fsp3) is 0.583. The van der Waals surface area contributed by atoms with Crippen LogP contribution in [0.1, 0.15) is 31.4 Å². The molecule has 2 rings (SSSR count). The zero-order valence-corrected chi connectivity index (χ0v) is 9.45. The monoisotopic (exact) mass is 224 g/mol. The highest BCUT2D eigenvalue weighted by atomic mass is 19.1. The second-order valence-corrected chi connectivity index (χ2v) is 4.21. The highest BCUT2D eigenvalue weighted by Gasteiger charge is 2.16. The minimum absolute atomic E-state index is 0.131. The molecule has 1 aliphatic rings. The maximum atomic E-state index is 13.0. The molecule has 88 valence electrons. The van der Waals surface area contributed by atoms with Crippen LogP contribution < -0.4 is 5.32 Å². The van der Waals surface area contributed by atoms with Gasteiger partial charge in [-0.3, -0.25) is 4.98 Å². The molecule has 0 bridgehead atoms. The van der Waals surface area contributed by atoms with Crippen LogP contribution >= 0.6 is 0 Å². The summed E-state index contributed by atoms with van der Waals surface area (Å²) in [5, 5.41) is 3.48. The van der Waals surface area contributed by atoms with Crippen molar-refractivity contribution >= 4 is 0 Å². The molecular formula is C12H17FN2O. The summed E-state index contributed by atoms with van der Waals surface area (Å²) in [6, 6.07) is 2.13. The third-order valence-corrected chi connectivity index (χ3v) is 2.93. The first-order valence-electron chi connectivity index (χ1n) is 5.70. The molecular weight excluding hydrogens is 207 g/mol. The van der Waals surface area contributed by atoms with Gasteiger partial charge in [-0.15, -0.1) is 0 Å². The predicted molar refractivity (Wildman–Crippen MR) is 59.6 cm³/mol. The van der Waals surface area contributed by atoms with E-state index in [1.165, 1.54) is 12.3 Å². The molecule has 0 aromatic carbocycles.